The number of aliphatic hydroxyl groups is 5. The molecular formula is C21H30O11. The third-order valence-electron chi connectivity index (χ3n) is 5.00. The summed E-state index contributed by atoms with van der Waals surface area (Å²) in [5, 5.41) is 58.2. The third-order valence-corrected chi connectivity index (χ3v) is 5.00. The van der Waals surface area contributed by atoms with Crippen LogP contribution in [0.4, 0.5) is 0 Å². The summed E-state index contributed by atoms with van der Waals surface area (Å²) in [5.41, 5.74) is -1.66. The summed E-state index contributed by atoms with van der Waals surface area (Å²) >= 11 is 0. The minimum atomic E-state index is -2.20. The van der Waals surface area contributed by atoms with Crippen LogP contribution in [0.2, 0.25) is 0 Å². The molecule has 1 heterocycles. The zero-order valence-electron chi connectivity index (χ0n) is 17.8. The number of carboxylic acid groups (broad SMARTS) is 1. The summed E-state index contributed by atoms with van der Waals surface area (Å²) < 4.78 is 15.8. The van der Waals surface area contributed by atoms with E-state index >= 15 is 0 Å². The van der Waals surface area contributed by atoms with Crippen LogP contribution in [0, 0.1) is 5.92 Å². The number of benzene rings is 1. The van der Waals surface area contributed by atoms with Gasteiger partial charge in [0, 0.05) is 0 Å². The van der Waals surface area contributed by atoms with E-state index in [1.807, 2.05) is 0 Å². The lowest BCUT2D eigenvalue weighted by Gasteiger charge is -2.39. The van der Waals surface area contributed by atoms with E-state index in [1.165, 1.54) is 12.1 Å². The molecule has 0 radical (unpaired) electrons. The Bertz CT molecular complexity index is 764. The van der Waals surface area contributed by atoms with Crippen LogP contribution in [0.25, 0.3) is 0 Å². The Morgan fingerprint density at radius 3 is 2.25 bits per heavy atom. The summed E-state index contributed by atoms with van der Waals surface area (Å²) in [7, 11) is 0. The Morgan fingerprint density at radius 2 is 1.72 bits per heavy atom. The van der Waals surface area contributed by atoms with Gasteiger partial charge in [0.2, 0.25) is 6.29 Å². The molecule has 1 aliphatic heterocycles. The van der Waals surface area contributed by atoms with Crippen LogP contribution in [0.1, 0.15) is 32.3 Å². The van der Waals surface area contributed by atoms with Crippen molar-refractivity contribution in [2.24, 2.45) is 5.92 Å². The molecule has 0 unspecified atom stereocenters. The monoisotopic (exact) mass is 458 g/mol. The third kappa shape index (κ3) is 6.61. The van der Waals surface area contributed by atoms with Crippen molar-refractivity contribution in [3.63, 3.8) is 0 Å². The second-order valence-electron chi connectivity index (χ2n) is 8.23. The van der Waals surface area contributed by atoms with Gasteiger partial charge in [-0.3, -0.25) is 4.79 Å². The van der Waals surface area contributed by atoms with Crippen molar-refractivity contribution in [1.82, 2.24) is 0 Å². The molecule has 1 aromatic carbocycles. The summed E-state index contributed by atoms with van der Waals surface area (Å²) in [6.07, 6.45) is -7.82. The van der Waals surface area contributed by atoms with Crippen LogP contribution < -0.4 is 4.74 Å². The SMILES string of the molecule is CC(C)C[C@@](O)(CC(=O)OCc1ccc(O[C@H]2O[C@@H](CO)[C@H](O)[C@@H](O)[C@@H]2O)cc1)C(=O)O. The van der Waals surface area contributed by atoms with Crippen LogP contribution in [-0.4, -0.2) is 85.5 Å². The molecule has 1 saturated heterocycles. The maximum absolute atomic E-state index is 12.0. The molecule has 180 valence electrons. The lowest BCUT2D eigenvalue weighted by Crippen LogP contribution is -2.60. The number of hydrogen-bond acceptors (Lipinski definition) is 10. The van der Waals surface area contributed by atoms with E-state index in [-0.39, 0.29) is 24.7 Å². The van der Waals surface area contributed by atoms with Gasteiger partial charge in [-0.2, -0.15) is 0 Å². The molecule has 11 nitrogen and oxygen atoms in total. The van der Waals surface area contributed by atoms with Crippen LogP contribution in [0.15, 0.2) is 24.3 Å². The van der Waals surface area contributed by atoms with Crippen LogP contribution in [0.5, 0.6) is 5.75 Å². The summed E-state index contributed by atoms with van der Waals surface area (Å²) in [4.78, 5) is 23.3. The van der Waals surface area contributed by atoms with Gasteiger partial charge in [0.15, 0.2) is 5.60 Å². The Hall–Kier alpha value is -2.28. The quantitative estimate of drug-likeness (QED) is 0.240. The lowest BCUT2D eigenvalue weighted by molar-refractivity contribution is -0.277. The molecule has 11 heteroatoms. The van der Waals surface area contributed by atoms with E-state index in [1.54, 1.807) is 26.0 Å². The average Bonchev–Trinajstić information content (AvgIpc) is 2.72. The smallest absolute Gasteiger partial charge is 0.336 e. The van der Waals surface area contributed by atoms with Gasteiger partial charge in [-0.15, -0.1) is 0 Å². The van der Waals surface area contributed by atoms with Gasteiger partial charge in [0.05, 0.1) is 13.0 Å². The predicted molar refractivity (Wildman–Crippen MR) is 107 cm³/mol. The molecule has 0 amide bonds. The summed E-state index contributed by atoms with van der Waals surface area (Å²) in [5.74, 6) is -2.25. The minimum Gasteiger partial charge on any atom is -0.479 e. The van der Waals surface area contributed by atoms with E-state index in [0.29, 0.717) is 5.56 Å². The number of hydrogen-bond donors (Lipinski definition) is 6. The molecule has 1 aliphatic rings. The van der Waals surface area contributed by atoms with Crippen molar-refractivity contribution in [3.8, 4) is 5.75 Å². The second kappa shape index (κ2) is 11.0. The predicted octanol–water partition coefficient (Wildman–Crippen LogP) is -0.840. The Kier molecular flexibility index (Phi) is 8.96. The molecule has 2 rings (SSSR count). The van der Waals surface area contributed by atoms with Crippen LogP contribution in [0.3, 0.4) is 0 Å². The number of esters is 1. The van der Waals surface area contributed by atoms with Crippen LogP contribution in [-0.2, 0) is 25.7 Å². The van der Waals surface area contributed by atoms with Crippen molar-refractivity contribution < 1.29 is 54.4 Å². The Balaban J connectivity index is 1.91. The van der Waals surface area contributed by atoms with Crippen molar-refractivity contribution >= 4 is 11.9 Å². The zero-order chi connectivity index (χ0) is 24.1. The fourth-order valence-corrected chi connectivity index (χ4v) is 3.33. The highest BCUT2D eigenvalue weighted by molar-refractivity contribution is 5.84. The number of carboxylic acids is 1. The largest absolute Gasteiger partial charge is 0.479 e. The van der Waals surface area contributed by atoms with Crippen LogP contribution >= 0.6 is 0 Å². The van der Waals surface area contributed by atoms with E-state index < -0.39 is 61.3 Å². The molecule has 0 aromatic heterocycles. The standard InChI is InChI=1S/C21H30O11/c1-11(2)7-21(29,20(27)28)8-15(23)30-10-12-3-5-13(6-4-12)31-19-18(26)17(25)16(24)14(9-22)32-19/h3-6,11,14,16-19,22,24-26,29H,7-10H2,1-2H3,(H,27,28)/t14-,16-,17+,18-,19-,21+/m0/s1. The molecule has 1 fully saturated rings. The highest BCUT2D eigenvalue weighted by Gasteiger charge is 2.44. The zero-order valence-corrected chi connectivity index (χ0v) is 17.8. The van der Waals surface area contributed by atoms with Crippen molar-refractivity contribution in [2.45, 2.75) is 69.6 Å². The van der Waals surface area contributed by atoms with Crippen molar-refractivity contribution in [2.75, 3.05) is 6.61 Å². The molecule has 1 aromatic rings. The normalized spacial score (nSPS) is 27.6. The fraction of sp³-hybridized carbons (Fsp3) is 0.619. The maximum atomic E-state index is 12.0. The van der Waals surface area contributed by atoms with Gasteiger partial charge in [-0.05, 0) is 30.0 Å². The van der Waals surface area contributed by atoms with Gasteiger partial charge in [-0.25, -0.2) is 4.79 Å². The van der Waals surface area contributed by atoms with Gasteiger partial charge in [0.25, 0.3) is 0 Å². The first kappa shape index (κ1) is 26.0. The highest BCUT2D eigenvalue weighted by Crippen LogP contribution is 2.25. The molecule has 6 N–H and O–H groups in total. The Morgan fingerprint density at radius 1 is 1.09 bits per heavy atom. The van der Waals surface area contributed by atoms with E-state index in [2.05, 4.69) is 0 Å². The molecule has 0 bridgehead atoms. The molecule has 0 saturated carbocycles. The number of carbonyl (C=O) groups excluding carboxylic acids is 1. The highest BCUT2D eigenvalue weighted by atomic mass is 16.7. The first-order valence-corrected chi connectivity index (χ1v) is 10.1. The van der Waals surface area contributed by atoms with Gasteiger partial charge in [-0.1, -0.05) is 26.0 Å². The van der Waals surface area contributed by atoms with E-state index in [9.17, 15) is 40.2 Å². The maximum Gasteiger partial charge on any atom is 0.336 e. The van der Waals surface area contributed by atoms with Crippen molar-refractivity contribution in [1.29, 1.82) is 0 Å². The number of rotatable bonds is 10. The number of ether oxygens (including phenoxy) is 3. The summed E-state index contributed by atoms with van der Waals surface area (Å²) in [6, 6.07) is 6.06. The second-order valence-corrected chi connectivity index (χ2v) is 8.23. The van der Waals surface area contributed by atoms with E-state index in [0.717, 1.165) is 0 Å². The number of aliphatic hydroxyl groups excluding tert-OH is 4. The Labute approximate surface area is 184 Å². The van der Waals surface area contributed by atoms with Gasteiger partial charge < -0.3 is 44.8 Å². The lowest BCUT2D eigenvalue weighted by atomic mass is 9.89. The topological polar surface area (TPSA) is 183 Å². The summed E-state index contributed by atoms with van der Waals surface area (Å²) in [6.45, 7) is 2.71. The fourth-order valence-electron chi connectivity index (χ4n) is 3.33. The molecule has 0 spiro atoms. The van der Waals surface area contributed by atoms with E-state index in [4.69, 9.17) is 14.2 Å². The molecular weight excluding hydrogens is 428 g/mol. The average molecular weight is 458 g/mol. The molecule has 6 atom stereocenters. The first-order chi connectivity index (χ1) is 15.0. The number of aliphatic carboxylic acids is 1. The minimum absolute atomic E-state index is 0.0958. The van der Waals surface area contributed by atoms with Crippen molar-refractivity contribution in [3.05, 3.63) is 29.8 Å². The molecule has 0 aliphatic carbocycles. The molecule has 32 heavy (non-hydrogen) atoms. The van der Waals surface area contributed by atoms with Gasteiger partial charge in [0.1, 0.15) is 36.8 Å². The van der Waals surface area contributed by atoms with Gasteiger partial charge >= 0.3 is 11.9 Å². The number of carbonyl (C=O) groups is 2. The first-order valence-electron chi connectivity index (χ1n) is 10.1.